The number of nitrogens with one attached hydrogen (secondary N) is 1. The van der Waals surface area contributed by atoms with E-state index in [0.29, 0.717) is 5.56 Å². The van der Waals surface area contributed by atoms with Crippen LogP contribution in [0.1, 0.15) is 32.6 Å². The molecule has 1 N–H and O–H groups in total. The van der Waals surface area contributed by atoms with Crippen molar-refractivity contribution in [2.45, 2.75) is 26.7 Å². The molecule has 2 rings (SSSR count). The van der Waals surface area contributed by atoms with Gasteiger partial charge >= 0.3 is 0 Å². The number of amides is 1. The lowest BCUT2D eigenvalue weighted by molar-refractivity contribution is -0.00254. The molecular weight excluding hydrogens is 288 g/mol. The molecule has 0 fully saturated rings. The number of alkyl halides is 2. The quantitative estimate of drug-likeness (QED) is 0.945. The van der Waals surface area contributed by atoms with Crippen LogP contribution in [0.2, 0.25) is 0 Å². The number of carbonyl (C=O) groups excluding carboxylic acids is 1. The monoisotopic (exact) mass is 305 g/mol. The molecule has 0 atom stereocenters. The summed E-state index contributed by atoms with van der Waals surface area (Å²) in [6.45, 7) is 4.54. The fourth-order valence-electron chi connectivity index (χ4n) is 1.98. The van der Waals surface area contributed by atoms with Gasteiger partial charge in [0, 0.05) is 5.56 Å². The summed E-state index contributed by atoms with van der Waals surface area (Å²) in [6, 6.07) is 4.48. The van der Waals surface area contributed by atoms with Gasteiger partial charge in [0.2, 0.25) is 0 Å². The maximum atomic E-state index is 14.2. The van der Waals surface area contributed by atoms with Gasteiger partial charge < -0.3 is 5.32 Å². The summed E-state index contributed by atoms with van der Waals surface area (Å²) < 4.78 is 28.4. The number of aryl methyl sites for hydroxylation is 3. The van der Waals surface area contributed by atoms with E-state index in [1.807, 2.05) is 6.92 Å². The summed E-state index contributed by atoms with van der Waals surface area (Å²) in [4.78, 5) is 12.0. The van der Waals surface area contributed by atoms with Crippen LogP contribution in [0, 0.1) is 20.8 Å². The van der Waals surface area contributed by atoms with E-state index in [1.54, 1.807) is 19.9 Å². The molecule has 22 heavy (non-hydrogen) atoms. The molecular formula is C16H17F2N3O. The lowest BCUT2D eigenvalue weighted by Gasteiger charge is -2.18. The SMILES string of the molecule is Cc1ccc(C(F)(F)CNC(=O)c2cnncc2C)cc1C. The molecule has 0 radical (unpaired) electrons. The molecule has 1 heterocycles. The van der Waals surface area contributed by atoms with Crippen molar-refractivity contribution < 1.29 is 13.6 Å². The Morgan fingerprint density at radius 3 is 2.41 bits per heavy atom. The summed E-state index contributed by atoms with van der Waals surface area (Å²) in [5, 5.41) is 9.47. The zero-order valence-electron chi connectivity index (χ0n) is 12.7. The van der Waals surface area contributed by atoms with Crippen LogP contribution in [-0.4, -0.2) is 22.6 Å². The molecule has 1 aromatic heterocycles. The third kappa shape index (κ3) is 3.44. The number of rotatable bonds is 4. The lowest BCUT2D eigenvalue weighted by Crippen LogP contribution is -2.35. The summed E-state index contributed by atoms with van der Waals surface area (Å²) in [5.41, 5.74) is 2.45. The molecule has 1 aromatic carbocycles. The van der Waals surface area contributed by atoms with Crippen molar-refractivity contribution in [3.05, 3.63) is 58.4 Å². The molecule has 0 saturated carbocycles. The number of hydrogen-bond donors (Lipinski definition) is 1. The Labute approximate surface area is 127 Å². The number of aromatic nitrogens is 2. The molecule has 0 saturated heterocycles. The van der Waals surface area contributed by atoms with Crippen LogP contribution in [0.25, 0.3) is 0 Å². The zero-order chi connectivity index (χ0) is 16.3. The number of benzene rings is 1. The first kappa shape index (κ1) is 16.0. The predicted octanol–water partition coefficient (Wildman–Crippen LogP) is 2.92. The van der Waals surface area contributed by atoms with E-state index < -0.39 is 18.4 Å². The van der Waals surface area contributed by atoms with E-state index in [-0.39, 0.29) is 11.1 Å². The molecule has 0 aliphatic rings. The Morgan fingerprint density at radius 1 is 1.09 bits per heavy atom. The van der Waals surface area contributed by atoms with E-state index >= 15 is 0 Å². The van der Waals surface area contributed by atoms with Crippen LogP contribution in [0.4, 0.5) is 8.78 Å². The van der Waals surface area contributed by atoms with Crippen LogP contribution in [0.5, 0.6) is 0 Å². The Kier molecular flexibility index (Phi) is 4.49. The minimum absolute atomic E-state index is 0.111. The second-order valence-electron chi connectivity index (χ2n) is 5.27. The highest BCUT2D eigenvalue weighted by molar-refractivity contribution is 5.95. The van der Waals surface area contributed by atoms with Gasteiger partial charge in [0.15, 0.2) is 0 Å². The molecule has 0 unspecified atom stereocenters. The molecule has 0 aliphatic carbocycles. The number of nitrogens with zero attached hydrogens (tertiary/aromatic N) is 2. The number of carbonyl (C=O) groups is 1. The van der Waals surface area contributed by atoms with Crippen molar-refractivity contribution in [3.63, 3.8) is 0 Å². The summed E-state index contributed by atoms with van der Waals surface area (Å²) in [5.74, 6) is -3.72. The second-order valence-corrected chi connectivity index (χ2v) is 5.27. The molecule has 116 valence electrons. The predicted molar refractivity (Wildman–Crippen MR) is 78.9 cm³/mol. The minimum Gasteiger partial charge on any atom is -0.346 e. The molecule has 0 aliphatic heterocycles. The van der Waals surface area contributed by atoms with Crippen molar-refractivity contribution in [3.8, 4) is 0 Å². The summed E-state index contributed by atoms with van der Waals surface area (Å²) >= 11 is 0. The highest BCUT2D eigenvalue weighted by atomic mass is 19.3. The van der Waals surface area contributed by atoms with Gasteiger partial charge in [-0.05, 0) is 43.5 Å². The normalized spacial score (nSPS) is 11.3. The van der Waals surface area contributed by atoms with Crippen molar-refractivity contribution in [2.75, 3.05) is 6.54 Å². The molecule has 1 amide bonds. The first-order valence-electron chi connectivity index (χ1n) is 6.82. The Balaban J connectivity index is 2.11. The summed E-state index contributed by atoms with van der Waals surface area (Å²) in [7, 11) is 0. The Hall–Kier alpha value is -2.37. The van der Waals surface area contributed by atoms with Gasteiger partial charge in [-0.2, -0.15) is 19.0 Å². The largest absolute Gasteiger partial charge is 0.346 e. The van der Waals surface area contributed by atoms with Gasteiger partial charge in [-0.25, -0.2) is 0 Å². The Morgan fingerprint density at radius 2 is 1.77 bits per heavy atom. The maximum Gasteiger partial charge on any atom is 0.290 e. The van der Waals surface area contributed by atoms with Crippen LogP contribution >= 0.6 is 0 Å². The molecule has 4 nitrogen and oxygen atoms in total. The highest BCUT2D eigenvalue weighted by Gasteiger charge is 2.32. The molecule has 2 aromatic rings. The maximum absolute atomic E-state index is 14.2. The van der Waals surface area contributed by atoms with Crippen LogP contribution in [-0.2, 0) is 5.92 Å². The van der Waals surface area contributed by atoms with E-state index in [2.05, 4.69) is 15.5 Å². The second kappa shape index (κ2) is 6.17. The third-order valence-electron chi connectivity index (χ3n) is 3.57. The van der Waals surface area contributed by atoms with Gasteiger partial charge in [0.1, 0.15) is 0 Å². The van der Waals surface area contributed by atoms with Gasteiger partial charge in [0.05, 0.1) is 24.5 Å². The molecule has 0 bridgehead atoms. The van der Waals surface area contributed by atoms with Gasteiger partial charge in [-0.3, -0.25) is 4.79 Å². The van der Waals surface area contributed by atoms with E-state index in [4.69, 9.17) is 0 Å². The van der Waals surface area contributed by atoms with E-state index in [1.165, 1.54) is 24.5 Å². The van der Waals surface area contributed by atoms with Gasteiger partial charge in [-0.1, -0.05) is 12.1 Å². The molecule has 0 spiro atoms. The van der Waals surface area contributed by atoms with E-state index in [0.717, 1.165) is 11.1 Å². The smallest absolute Gasteiger partial charge is 0.290 e. The van der Waals surface area contributed by atoms with Gasteiger partial charge in [0.25, 0.3) is 11.8 Å². The highest BCUT2D eigenvalue weighted by Crippen LogP contribution is 2.28. The van der Waals surface area contributed by atoms with Crippen LogP contribution in [0.15, 0.2) is 30.6 Å². The number of halogens is 2. The van der Waals surface area contributed by atoms with Crippen molar-refractivity contribution >= 4 is 5.91 Å². The fourth-order valence-corrected chi connectivity index (χ4v) is 1.98. The average Bonchev–Trinajstić information content (AvgIpc) is 2.48. The van der Waals surface area contributed by atoms with E-state index in [9.17, 15) is 13.6 Å². The number of hydrogen-bond acceptors (Lipinski definition) is 3. The van der Waals surface area contributed by atoms with Crippen molar-refractivity contribution in [2.24, 2.45) is 0 Å². The standard InChI is InChI=1S/C16H17F2N3O/c1-10-4-5-13(6-11(10)2)16(17,18)9-19-15(22)14-8-21-20-7-12(14)3/h4-8H,9H2,1-3H3,(H,19,22). The topological polar surface area (TPSA) is 54.9 Å². The average molecular weight is 305 g/mol. The lowest BCUT2D eigenvalue weighted by atomic mass is 10.0. The van der Waals surface area contributed by atoms with Crippen molar-refractivity contribution in [1.82, 2.24) is 15.5 Å². The van der Waals surface area contributed by atoms with Crippen molar-refractivity contribution in [1.29, 1.82) is 0 Å². The first-order valence-corrected chi connectivity index (χ1v) is 6.82. The first-order chi connectivity index (χ1) is 10.3. The summed E-state index contributed by atoms with van der Waals surface area (Å²) in [6.07, 6.45) is 2.68. The fraction of sp³-hybridized carbons (Fsp3) is 0.312. The Bertz CT molecular complexity index is 702. The third-order valence-corrected chi connectivity index (χ3v) is 3.57. The van der Waals surface area contributed by atoms with Crippen LogP contribution < -0.4 is 5.32 Å². The van der Waals surface area contributed by atoms with Gasteiger partial charge in [-0.15, -0.1) is 0 Å². The zero-order valence-corrected chi connectivity index (χ0v) is 12.7. The van der Waals surface area contributed by atoms with Crippen LogP contribution in [0.3, 0.4) is 0 Å². The minimum atomic E-state index is -3.14. The molecule has 6 heteroatoms.